The van der Waals surface area contributed by atoms with Crippen LogP contribution in [0, 0.1) is 0 Å². The summed E-state index contributed by atoms with van der Waals surface area (Å²) in [5.41, 5.74) is 0. The van der Waals surface area contributed by atoms with Gasteiger partial charge in [-0.25, -0.2) is 9.59 Å². The molecule has 1 aliphatic heterocycles. The van der Waals surface area contributed by atoms with Gasteiger partial charge in [-0.15, -0.1) is 0 Å². The molecular formula is C10H15F3N2O5. The van der Waals surface area contributed by atoms with E-state index in [1.165, 1.54) is 0 Å². The van der Waals surface area contributed by atoms with Gasteiger partial charge in [0.05, 0.1) is 19.8 Å². The first kappa shape index (κ1) is 16.5. The number of urea groups is 1. The zero-order valence-electron chi connectivity index (χ0n) is 10.5. The van der Waals surface area contributed by atoms with Crippen molar-refractivity contribution < 1.29 is 37.7 Å². The van der Waals surface area contributed by atoms with Gasteiger partial charge in [0.25, 0.3) is 0 Å². The molecule has 0 radical (unpaired) electrons. The van der Waals surface area contributed by atoms with Crippen molar-refractivity contribution >= 4 is 12.0 Å². The lowest BCUT2D eigenvalue weighted by molar-refractivity contribution is -0.150. The van der Waals surface area contributed by atoms with Crippen LogP contribution in [-0.4, -0.2) is 83.7 Å². The maximum absolute atomic E-state index is 12.4. The van der Waals surface area contributed by atoms with E-state index >= 15 is 0 Å². The van der Waals surface area contributed by atoms with Crippen LogP contribution in [0.5, 0.6) is 0 Å². The van der Waals surface area contributed by atoms with E-state index in [1.54, 1.807) is 0 Å². The third kappa shape index (κ3) is 4.53. The van der Waals surface area contributed by atoms with Gasteiger partial charge in [-0.3, -0.25) is 0 Å². The van der Waals surface area contributed by atoms with Crippen LogP contribution in [0.25, 0.3) is 0 Å². The third-order valence-electron chi connectivity index (χ3n) is 2.67. The molecule has 1 atom stereocenters. The van der Waals surface area contributed by atoms with Crippen molar-refractivity contribution in [2.45, 2.75) is 12.2 Å². The van der Waals surface area contributed by atoms with Gasteiger partial charge in [0.2, 0.25) is 0 Å². The molecule has 0 aromatic carbocycles. The number of carboxylic acids is 1. The highest BCUT2D eigenvalue weighted by Crippen LogP contribution is 2.19. The fourth-order valence-corrected chi connectivity index (χ4v) is 1.80. The lowest BCUT2D eigenvalue weighted by Gasteiger charge is -2.36. The predicted octanol–water partition coefficient (Wildman–Crippen LogP) is -0.252. The highest BCUT2D eigenvalue weighted by Gasteiger charge is 2.39. The van der Waals surface area contributed by atoms with E-state index < -0.39 is 43.9 Å². The summed E-state index contributed by atoms with van der Waals surface area (Å²) in [4.78, 5) is 24.2. The molecule has 0 saturated carbocycles. The maximum atomic E-state index is 12.4. The molecule has 1 fully saturated rings. The number of aliphatic carboxylic acids is 1. The van der Waals surface area contributed by atoms with Crippen LogP contribution >= 0.6 is 0 Å². The van der Waals surface area contributed by atoms with E-state index in [0.717, 1.165) is 4.90 Å². The molecule has 0 aliphatic carbocycles. The molecule has 0 aromatic heterocycles. The molecule has 1 saturated heterocycles. The molecule has 2 N–H and O–H groups in total. The maximum Gasteiger partial charge on any atom is 0.406 e. The minimum Gasteiger partial charge on any atom is -0.480 e. The third-order valence-corrected chi connectivity index (χ3v) is 2.67. The van der Waals surface area contributed by atoms with Crippen molar-refractivity contribution in [1.29, 1.82) is 0 Å². The Kier molecular flexibility index (Phi) is 5.57. The Balaban J connectivity index is 2.83. The van der Waals surface area contributed by atoms with Gasteiger partial charge >= 0.3 is 18.2 Å². The number of nitrogens with zero attached hydrogens (tertiary/aromatic N) is 2. The van der Waals surface area contributed by atoms with Gasteiger partial charge in [0, 0.05) is 13.1 Å². The Bertz CT molecular complexity index is 363. The number of carbonyl (C=O) groups excluding carboxylic acids is 1. The van der Waals surface area contributed by atoms with Crippen LogP contribution in [0.15, 0.2) is 0 Å². The van der Waals surface area contributed by atoms with E-state index in [4.69, 9.17) is 14.9 Å². The van der Waals surface area contributed by atoms with Crippen LogP contribution in [-0.2, 0) is 9.53 Å². The first-order chi connectivity index (χ1) is 9.26. The number of rotatable bonds is 4. The van der Waals surface area contributed by atoms with Crippen molar-refractivity contribution in [2.75, 3.05) is 39.5 Å². The Morgan fingerprint density at radius 2 is 2.05 bits per heavy atom. The molecule has 116 valence electrons. The van der Waals surface area contributed by atoms with E-state index in [2.05, 4.69) is 0 Å². The average Bonchev–Trinajstić information content (AvgIpc) is 2.36. The van der Waals surface area contributed by atoms with Crippen LogP contribution in [0.4, 0.5) is 18.0 Å². The van der Waals surface area contributed by atoms with Crippen LogP contribution in [0.1, 0.15) is 0 Å². The van der Waals surface area contributed by atoms with Crippen molar-refractivity contribution in [1.82, 2.24) is 9.80 Å². The molecule has 0 bridgehead atoms. The Labute approximate surface area is 112 Å². The topological polar surface area (TPSA) is 90.3 Å². The second-order valence-corrected chi connectivity index (χ2v) is 4.17. The standard InChI is InChI=1S/C10H15F3N2O5/c11-10(12,13)6-14(1-3-16)9(19)15-2-4-20-5-7(15)8(17)18/h7,16H,1-6H2,(H,17,18). The summed E-state index contributed by atoms with van der Waals surface area (Å²) in [6, 6.07) is -2.40. The number of morpholine rings is 1. The SMILES string of the molecule is O=C(O)C1COCCN1C(=O)N(CCO)CC(F)(F)F. The van der Waals surface area contributed by atoms with Crippen molar-refractivity contribution in [3.05, 3.63) is 0 Å². The van der Waals surface area contributed by atoms with E-state index in [1.807, 2.05) is 0 Å². The molecule has 2 amide bonds. The largest absolute Gasteiger partial charge is 0.480 e. The fraction of sp³-hybridized carbons (Fsp3) is 0.800. The molecule has 20 heavy (non-hydrogen) atoms. The molecule has 1 unspecified atom stereocenters. The zero-order valence-corrected chi connectivity index (χ0v) is 10.5. The first-order valence-corrected chi connectivity index (χ1v) is 5.80. The highest BCUT2D eigenvalue weighted by atomic mass is 19.4. The molecule has 0 spiro atoms. The van der Waals surface area contributed by atoms with E-state index in [0.29, 0.717) is 4.90 Å². The lowest BCUT2D eigenvalue weighted by atomic mass is 10.2. The number of hydrogen-bond donors (Lipinski definition) is 2. The summed E-state index contributed by atoms with van der Waals surface area (Å²) < 4.78 is 42.0. The molecular weight excluding hydrogens is 285 g/mol. The van der Waals surface area contributed by atoms with Gasteiger partial charge in [-0.1, -0.05) is 0 Å². The number of alkyl halides is 3. The number of aliphatic hydroxyl groups excluding tert-OH is 1. The van der Waals surface area contributed by atoms with Crippen LogP contribution in [0.3, 0.4) is 0 Å². The van der Waals surface area contributed by atoms with Crippen LogP contribution < -0.4 is 0 Å². The smallest absolute Gasteiger partial charge is 0.406 e. The van der Waals surface area contributed by atoms with Gasteiger partial charge in [0.1, 0.15) is 6.54 Å². The number of ether oxygens (including phenoxy) is 1. The number of halogens is 3. The highest BCUT2D eigenvalue weighted by molar-refractivity contribution is 5.83. The Morgan fingerprint density at radius 3 is 2.55 bits per heavy atom. The van der Waals surface area contributed by atoms with Gasteiger partial charge in [0.15, 0.2) is 6.04 Å². The predicted molar refractivity (Wildman–Crippen MR) is 59.1 cm³/mol. The zero-order chi connectivity index (χ0) is 15.3. The minimum atomic E-state index is -4.63. The molecule has 10 heteroatoms. The summed E-state index contributed by atoms with van der Waals surface area (Å²) in [6.07, 6.45) is -4.63. The van der Waals surface area contributed by atoms with Gasteiger partial charge in [-0.2, -0.15) is 13.2 Å². The molecule has 0 aromatic rings. The second kappa shape index (κ2) is 6.75. The number of carbonyl (C=O) groups is 2. The monoisotopic (exact) mass is 300 g/mol. The minimum absolute atomic E-state index is 0.0501. The summed E-state index contributed by atoms with van der Waals surface area (Å²) in [6.45, 7) is -3.06. The Hall–Kier alpha value is -1.55. The number of aliphatic hydroxyl groups is 1. The first-order valence-electron chi connectivity index (χ1n) is 5.80. The van der Waals surface area contributed by atoms with Crippen LogP contribution in [0.2, 0.25) is 0 Å². The lowest BCUT2D eigenvalue weighted by Crippen LogP contribution is -2.58. The average molecular weight is 300 g/mol. The summed E-state index contributed by atoms with van der Waals surface area (Å²) in [5.74, 6) is -1.35. The Morgan fingerprint density at radius 1 is 1.40 bits per heavy atom. The fourth-order valence-electron chi connectivity index (χ4n) is 1.80. The number of amides is 2. The molecule has 1 rings (SSSR count). The second-order valence-electron chi connectivity index (χ2n) is 4.17. The van der Waals surface area contributed by atoms with E-state index in [-0.39, 0.29) is 19.8 Å². The number of hydrogen-bond acceptors (Lipinski definition) is 4. The normalized spacial score (nSPS) is 19.8. The van der Waals surface area contributed by atoms with Gasteiger partial charge < -0.3 is 24.7 Å². The molecule has 1 heterocycles. The summed E-state index contributed by atoms with van der Waals surface area (Å²) in [5, 5.41) is 17.7. The summed E-state index contributed by atoms with van der Waals surface area (Å²) in [7, 11) is 0. The summed E-state index contributed by atoms with van der Waals surface area (Å²) >= 11 is 0. The van der Waals surface area contributed by atoms with Crippen molar-refractivity contribution in [3.8, 4) is 0 Å². The van der Waals surface area contributed by atoms with E-state index in [9.17, 15) is 22.8 Å². The van der Waals surface area contributed by atoms with Gasteiger partial charge in [-0.05, 0) is 0 Å². The van der Waals surface area contributed by atoms with Crippen molar-refractivity contribution in [2.24, 2.45) is 0 Å². The van der Waals surface area contributed by atoms with Crippen molar-refractivity contribution in [3.63, 3.8) is 0 Å². The quantitative estimate of drug-likeness (QED) is 0.747. The molecule has 7 nitrogen and oxygen atoms in total. The number of carboxylic acid groups (broad SMARTS) is 1. The molecule has 1 aliphatic rings.